The lowest BCUT2D eigenvalue weighted by Crippen LogP contribution is -2.90. The number of benzene rings is 3. The first kappa shape index (κ1) is 17.6. The molecule has 0 spiro atoms. The van der Waals surface area contributed by atoms with E-state index in [2.05, 4.69) is 0 Å². The number of hydrogen-bond donors (Lipinski definition) is 1. The van der Waals surface area contributed by atoms with Crippen molar-refractivity contribution in [3.05, 3.63) is 77.9 Å². The van der Waals surface area contributed by atoms with Crippen LogP contribution in [0.15, 0.2) is 66.7 Å². The fourth-order valence-corrected chi connectivity index (χ4v) is 4.49. The molecule has 1 fully saturated rings. The van der Waals surface area contributed by atoms with Gasteiger partial charge in [-0.25, -0.2) is 4.79 Å². The molecule has 0 amide bonds. The molecule has 5 nitrogen and oxygen atoms in total. The molecule has 0 aliphatic carbocycles. The van der Waals surface area contributed by atoms with Crippen LogP contribution >= 0.6 is 11.8 Å². The van der Waals surface area contributed by atoms with Gasteiger partial charge in [0.1, 0.15) is 17.8 Å². The SMILES string of the molecule is O=C(Oc1ccc([C@H]2[NH2+][C@H](C(=O)[O-])CS2)cc1)c1cccc2ccccc12. The number of fused-ring (bicyclic) bond motifs is 1. The fraction of sp³-hybridized carbons (Fsp3) is 0.143. The zero-order valence-electron chi connectivity index (χ0n) is 14.3. The number of esters is 1. The molecule has 0 aromatic heterocycles. The van der Waals surface area contributed by atoms with Crippen LogP contribution in [0.2, 0.25) is 0 Å². The van der Waals surface area contributed by atoms with Crippen LogP contribution < -0.4 is 15.2 Å². The van der Waals surface area contributed by atoms with E-state index < -0.39 is 18.0 Å². The number of aliphatic carboxylic acids is 1. The maximum absolute atomic E-state index is 12.6. The molecule has 2 N–H and O–H groups in total. The second-order valence-corrected chi connectivity index (χ2v) is 7.53. The summed E-state index contributed by atoms with van der Waals surface area (Å²) in [6.07, 6.45) is 0. The number of carboxylic acids is 1. The van der Waals surface area contributed by atoms with Crippen LogP contribution in [-0.2, 0) is 4.79 Å². The van der Waals surface area contributed by atoms with Crippen LogP contribution in [0.1, 0.15) is 21.3 Å². The fourth-order valence-electron chi connectivity index (χ4n) is 3.17. The van der Waals surface area contributed by atoms with E-state index in [-0.39, 0.29) is 5.37 Å². The summed E-state index contributed by atoms with van der Waals surface area (Å²) in [7, 11) is 0. The Hall–Kier alpha value is -2.83. The number of quaternary nitrogens is 1. The molecule has 0 bridgehead atoms. The standard InChI is InChI=1S/C21H17NO4S/c23-20(24)18-12-27-19(22-18)14-8-10-15(11-9-14)26-21(25)17-7-3-5-13-4-1-2-6-16(13)17/h1-11,18-19,22H,12H2,(H,23,24)/t18-,19-/m0/s1. The maximum atomic E-state index is 12.6. The van der Waals surface area contributed by atoms with E-state index in [1.807, 2.05) is 48.5 Å². The minimum absolute atomic E-state index is 0.00992. The summed E-state index contributed by atoms with van der Waals surface area (Å²) < 4.78 is 5.53. The van der Waals surface area contributed by atoms with E-state index in [0.29, 0.717) is 17.1 Å². The first-order valence-corrected chi connectivity index (χ1v) is 9.64. The van der Waals surface area contributed by atoms with Gasteiger partial charge in [-0.05, 0) is 41.1 Å². The van der Waals surface area contributed by atoms with Gasteiger partial charge in [0.15, 0.2) is 5.37 Å². The van der Waals surface area contributed by atoms with Crippen molar-refractivity contribution in [1.82, 2.24) is 0 Å². The molecule has 3 aromatic carbocycles. The van der Waals surface area contributed by atoms with Gasteiger partial charge in [-0.2, -0.15) is 0 Å². The van der Waals surface area contributed by atoms with Gasteiger partial charge in [-0.1, -0.05) is 48.2 Å². The van der Waals surface area contributed by atoms with Gasteiger partial charge < -0.3 is 20.0 Å². The highest BCUT2D eigenvalue weighted by molar-refractivity contribution is 7.99. The van der Waals surface area contributed by atoms with E-state index >= 15 is 0 Å². The van der Waals surface area contributed by atoms with Gasteiger partial charge in [0.25, 0.3) is 0 Å². The third-order valence-electron chi connectivity index (χ3n) is 4.59. The maximum Gasteiger partial charge on any atom is 0.344 e. The normalized spacial score (nSPS) is 19.1. The molecule has 4 rings (SSSR count). The number of ether oxygens (including phenoxy) is 1. The second kappa shape index (κ2) is 7.42. The summed E-state index contributed by atoms with van der Waals surface area (Å²) in [5.74, 6) is -0.467. The van der Waals surface area contributed by atoms with Crippen molar-refractivity contribution in [1.29, 1.82) is 0 Å². The zero-order valence-corrected chi connectivity index (χ0v) is 15.1. The number of carbonyl (C=O) groups excluding carboxylic acids is 2. The van der Waals surface area contributed by atoms with E-state index in [4.69, 9.17) is 4.74 Å². The molecule has 136 valence electrons. The second-order valence-electron chi connectivity index (χ2n) is 6.36. The molecule has 2 atom stereocenters. The molecule has 0 saturated carbocycles. The smallest absolute Gasteiger partial charge is 0.344 e. The van der Waals surface area contributed by atoms with Gasteiger partial charge in [0, 0.05) is 5.56 Å². The average molecular weight is 379 g/mol. The zero-order chi connectivity index (χ0) is 18.8. The number of hydrogen-bond acceptors (Lipinski definition) is 5. The van der Waals surface area contributed by atoms with Crippen molar-refractivity contribution in [2.45, 2.75) is 11.4 Å². The molecular formula is C21H17NO4S. The van der Waals surface area contributed by atoms with Crippen LogP contribution in [-0.4, -0.2) is 23.7 Å². The van der Waals surface area contributed by atoms with Crippen LogP contribution in [0.25, 0.3) is 10.8 Å². The van der Waals surface area contributed by atoms with E-state index in [1.54, 1.807) is 35.3 Å². The van der Waals surface area contributed by atoms with E-state index in [1.165, 1.54) is 0 Å². The van der Waals surface area contributed by atoms with Crippen molar-refractivity contribution in [2.24, 2.45) is 0 Å². The lowest BCUT2D eigenvalue weighted by molar-refractivity contribution is -0.690. The first-order chi connectivity index (χ1) is 13.1. The Labute approximate surface area is 160 Å². The molecule has 1 aliphatic heterocycles. The molecular weight excluding hydrogens is 362 g/mol. The summed E-state index contributed by atoms with van der Waals surface area (Å²) in [5.41, 5.74) is 1.50. The third-order valence-corrected chi connectivity index (χ3v) is 5.93. The lowest BCUT2D eigenvalue weighted by Gasteiger charge is -2.12. The molecule has 27 heavy (non-hydrogen) atoms. The van der Waals surface area contributed by atoms with Gasteiger partial charge >= 0.3 is 5.97 Å². The Kier molecular flexibility index (Phi) is 4.83. The highest BCUT2D eigenvalue weighted by Gasteiger charge is 2.30. The summed E-state index contributed by atoms with van der Waals surface area (Å²) in [6.45, 7) is 0. The van der Waals surface area contributed by atoms with Crippen LogP contribution in [0.5, 0.6) is 5.75 Å². The van der Waals surface area contributed by atoms with E-state index in [0.717, 1.165) is 16.3 Å². The molecule has 1 heterocycles. The molecule has 0 radical (unpaired) electrons. The molecule has 1 aliphatic rings. The summed E-state index contributed by atoms with van der Waals surface area (Å²) in [4.78, 5) is 23.6. The van der Waals surface area contributed by atoms with Crippen LogP contribution in [0.4, 0.5) is 0 Å². The van der Waals surface area contributed by atoms with Crippen molar-refractivity contribution >= 4 is 34.5 Å². The van der Waals surface area contributed by atoms with Gasteiger partial charge in [0.2, 0.25) is 0 Å². The Balaban J connectivity index is 1.48. The number of nitrogens with two attached hydrogens (primary N) is 1. The lowest BCUT2D eigenvalue weighted by atomic mass is 10.0. The Morgan fingerprint density at radius 1 is 1.00 bits per heavy atom. The Morgan fingerprint density at radius 3 is 2.48 bits per heavy atom. The summed E-state index contributed by atoms with van der Waals surface area (Å²) in [5, 5.41) is 14.6. The number of rotatable bonds is 4. The van der Waals surface area contributed by atoms with Crippen LogP contribution in [0, 0.1) is 0 Å². The van der Waals surface area contributed by atoms with Gasteiger partial charge in [-0.3, -0.25) is 0 Å². The molecule has 1 saturated heterocycles. The van der Waals surface area contributed by atoms with Gasteiger partial charge in [-0.15, -0.1) is 0 Å². The minimum atomic E-state index is -1.04. The number of thioether (sulfide) groups is 1. The van der Waals surface area contributed by atoms with Crippen molar-refractivity contribution in [3.8, 4) is 5.75 Å². The predicted octanol–water partition coefficient (Wildman–Crippen LogP) is 1.49. The van der Waals surface area contributed by atoms with Crippen LogP contribution in [0.3, 0.4) is 0 Å². The highest BCUT2D eigenvalue weighted by Crippen LogP contribution is 2.28. The number of carboxylic acid groups (broad SMARTS) is 1. The van der Waals surface area contributed by atoms with Crippen molar-refractivity contribution < 1.29 is 24.7 Å². The first-order valence-electron chi connectivity index (χ1n) is 8.59. The molecule has 3 aromatic rings. The molecule has 0 unspecified atom stereocenters. The Morgan fingerprint density at radius 2 is 1.74 bits per heavy atom. The van der Waals surface area contributed by atoms with Crippen molar-refractivity contribution in [3.63, 3.8) is 0 Å². The highest BCUT2D eigenvalue weighted by atomic mass is 32.2. The number of carbonyl (C=O) groups is 2. The summed E-state index contributed by atoms with van der Waals surface area (Å²) >= 11 is 1.57. The minimum Gasteiger partial charge on any atom is -0.544 e. The predicted molar refractivity (Wildman–Crippen MR) is 101 cm³/mol. The summed E-state index contributed by atoms with van der Waals surface area (Å²) in [6, 6.07) is 19.9. The largest absolute Gasteiger partial charge is 0.544 e. The third kappa shape index (κ3) is 3.67. The van der Waals surface area contributed by atoms with Gasteiger partial charge in [0.05, 0.1) is 11.3 Å². The topological polar surface area (TPSA) is 83.0 Å². The van der Waals surface area contributed by atoms with E-state index in [9.17, 15) is 14.7 Å². The monoisotopic (exact) mass is 379 g/mol. The Bertz CT molecular complexity index is 997. The molecule has 6 heteroatoms. The average Bonchev–Trinajstić information content (AvgIpc) is 3.18. The van der Waals surface area contributed by atoms with Crippen molar-refractivity contribution in [2.75, 3.05) is 5.75 Å². The quantitative estimate of drug-likeness (QED) is 0.549.